The van der Waals surface area contributed by atoms with Gasteiger partial charge in [0.1, 0.15) is 25.1 Å². The number of carbonyl (C=O) groups excluding carboxylic acids is 2. The van der Waals surface area contributed by atoms with Crippen LogP contribution in [-0.4, -0.2) is 17.9 Å². The molecule has 0 radical (unpaired) electrons. The van der Waals surface area contributed by atoms with Crippen molar-refractivity contribution in [2.24, 2.45) is 5.73 Å². The smallest absolute Gasteiger partial charge is 0.240 e. The van der Waals surface area contributed by atoms with Crippen molar-refractivity contribution in [2.75, 3.05) is 0 Å². The zero-order chi connectivity index (χ0) is 26.7. The monoisotopic (exact) mass is 512 g/mol. The molecule has 0 bridgehead atoms. The van der Waals surface area contributed by atoms with Crippen molar-refractivity contribution in [1.29, 1.82) is 0 Å². The van der Waals surface area contributed by atoms with Crippen molar-refractivity contribution in [1.82, 2.24) is 5.32 Å². The first-order valence-electron chi connectivity index (χ1n) is 12.3. The summed E-state index contributed by atoms with van der Waals surface area (Å²) in [4.78, 5) is 24.7. The Bertz CT molecular complexity index is 1360. The van der Waals surface area contributed by atoms with Crippen LogP contribution in [0.5, 0.6) is 11.5 Å². The van der Waals surface area contributed by atoms with Crippen LogP contribution in [0.1, 0.15) is 22.3 Å². The van der Waals surface area contributed by atoms with Gasteiger partial charge in [0.15, 0.2) is 11.5 Å². The molecular weight excluding hydrogens is 483 g/mol. The largest absolute Gasteiger partial charge is 0.485 e. The molecule has 0 spiro atoms. The van der Waals surface area contributed by atoms with E-state index < -0.39 is 23.7 Å². The van der Waals surface area contributed by atoms with E-state index in [2.05, 4.69) is 5.32 Å². The molecule has 3 N–H and O–H groups in total. The van der Waals surface area contributed by atoms with Crippen LogP contribution in [-0.2, 0) is 35.6 Å². The van der Waals surface area contributed by atoms with E-state index in [1.165, 1.54) is 18.2 Å². The van der Waals surface area contributed by atoms with Gasteiger partial charge in [0.25, 0.3) is 0 Å². The van der Waals surface area contributed by atoms with Crippen molar-refractivity contribution < 1.29 is 23.5 Å². The quantitative estimate of drug-likeness (QED) is 0.287. The highest BCUT2D eigenvalue weighted by molar-refractivity contribution is 5.87. The zero-order valence-corrected chi connectivity index (χ0v) is 20.8. The predicted molar refractivity (Wildman–Crippen MR) is 143 cm³/mol. The first-order chi connectivity index (χ1) is 18.5. The number of halogens is 1. The summed E-state index contributed by atoms with van der Waals surface area (Å²) in [6.07, 6.45) is 0.0874. The fourth-order valence-corrected chi connectivity index (χ4v) is 3.92. The van der Waals surface area contributed by atoms with Crippen molar-refractivity contribution in [3.05, 3.63) is 131 Å². The lowest BCUT2D eigenvalue weighted by Gasteiger charge is -2.18. The maximum atomic E-state index is 13.5. The molecule has 0 aliphatic heterocycles. The van der Waals surface area contributed by atoms with Gasteiger partial charge >= 0.3 is 0 Å². The lowest BCUT2D eigenvalue weighted by atomic mass is 10.0. The minimum absolute atomic E-state index is 0.0702. The van der Waals surface area contributed by atoms with Crippen LogP contribution >= 0.6 is 0 Å². The van der Waals surface area contributed by atoms with E-state index in [4.69, 9.17) is 15.2 Å². The number of benzene rings is 4. The highest BCUT2D eigenvalue weighted by Crippen LogP contribution is 2.30. The second-order valence-corrected chi connectivity index (χ2v) is 8.86. The summed E-state index contributed by atoms with van der Waals surface area (Å²) >= 11 is 0. The number of primary amides is 1. The minimum atomic E-state index is -0.950. The van der Waals surface area contributed by atoms with Gasteiger partial charge in [-0.05, 0) is 46.5 Å². The summed E-state index contributed by atoms with van der Waals surface area (Å²) < 4.78 is 25.6. The maximum absolute atomic E-state index is 13.5. The van der Waals surface area contributed by atoms with Gasteiger partial charge in [0.2, 0.25) is 11.8 Å². The summed E-state index contributed by atoms with van der Waals surface area (Å²) in [7, 11) is 0. The summed E-state index contributed by atoms with van der Waals surface area (Å²) in [5, 5.41) is 2.66. The summed E-state index contributed by atoms with van der Waals surface area (Å²) in [5.41, 5.74) is 8.84. The lowest BCUT2D eigenvalue weighted by molar-refractivity contribution is -0.127. The van der Waals surface area contributed by atoms with E-state index >= 15 is 0 Å². The third-order valence-corrected chi connectivity index (χ3v) is 5.85. The Morgan fingerprint density at radius 2 is 1.32 bits per heavy atom. The molecule has 2 amide bonds. The molecule has 0 fully saturated rings. The van der Waals surface area contributed by atoms with E-state index in [0.29, 0.717) is 30.3 Å². The van der Waals surface area contributed by atoms with Crippen LogP contribution in [0.25, 0.3) is 0 Å². The normalized spacial score (nSPS) is 11.4. The minimum Gasteiger partial charge on any atom is -0.485 e. The number of carbonyl (C=O) groups is 2. The van der Waals surface area contributed by atoms with Gasteiger partial charge < -0.3 is 20.5 Å². The van der Waals surface area contributed by atoms with Crippen molar-refractivity contribution in [2.45, 2.75) is 32.1 Å². The lowest BCUT2D eigenvalue weighted by Crippen LogP contribution is -2.46. The second kappa shape index (κ2) is 13.1. The molecule has 4 aromatic rings. The van der Waals surface area contributed by atoms with Gasteiger partial charge in [-0.15, -0.1) is 0 Å². The number of nitrogens with one attached hydrogen (secondary N) is 1. The Kier molecular flexibility index (Phi) is 9.07. The van der Waals surface area contributed by atoms with Gasteiger partial charge in [-0.1, -0.05) is 78.9 Å². The highest BCUT2D eigenvalue weighted by Gasteiger charge is 2.20. The molecule has 4 rings (SSSR count). The van der Waals surface area contributed by atoms with Crippen molar-refractivity contribution in [3.63, 3.8) is 0 Å². The third kappa shape index (κ3) is 7.93. The van der Waals surface area contributed by atoms with E-state index in [9.17, 15) is 14.0 Å². The number of amides is 2. The van der Waals surface area contributed by atoms with Gasteiger partial charge in [0, 0.05) is 6.42 Å². The first kappa shape index (κ1) is 26.4. The van der Waals surface area contributed by atoms with E-state index in [1.807, 2.05) is 66.7 Å². The van der Waals surface area contributed by atoms with E-state index in [1.54, 1.807) is 18.2 Å². The molecule has 7 heteroatoms. The molecule has 0 saturated heterocycles. The van der Waals surface area contributed by atoms with Gasteiger partial charge in [-0.2, -0.15) is 0 Å². The highest BCUT2D eigenvalue weighted by atomic mass is 19.1. The number of hydrogen-bond acceptors (Lipinski definition) is 4. The van der Waals surface area contributed by atoms with Crippen LogP contribution in [0.2, 0.25) is 0 Å². The Balaban J connectivity index is 1.48. The van der Waals surface area contributed by atoms with Gasteiger partial charge in [0.05, 0.1) is 6.42 Å². The fourth-order valence-electron chi connectivity index (χ4n) is 3.92. The fraction of sp³-hybridized carbons (Fsp3) is 0.161. The molecule has 0 aliphatic carbocycles. The van der Waals surface area contributed by atoms with Crippen LogP contribution in [0.4, 0.5) is 4.39 Å². The summed E-state index contributed by atoms with van der Waals surface area (Å²) in [6.45, 7) is 0.692. The number of ether oxygens (including phenoxy) is 2. The van der Waals surface area contributed by atoms with E-state index in [-0.39, 0.29) is 12.8 Å². The zero-order valence-electron chi connectivity index (χ0n) is 20.8. The number of nitrogens with two attached hydrogens (primary N) is 1. The molecule has 0 unspecified atom stereocenters. The Labute approximate surface area is 221 Å². The van der Waals surface area contributed by atoms with E-state index in [0.717, 1.165) is 16.7 Å². The van der Waals surface area contributed by atoms with Gasteiger partial charge in [-0.3, -0.25) is 9.59 Å². The molecule has 4 aromatic carbocycles. The second-order valence-electron chi connectivity index (χ2n) is 8.86. The maximum Gasteiger partial charge on any atom is 0.240 e. The Hall–Kier alpha value is -4.65. The van der Waals surface area contributed by atoms with Crippen LogP contribution in [0.15, 0.2) is 103 Å². The molecule has 0 heterocycles. The standard InChI is InChI=1S/C31H29FN2O4/c32-26-13-7-12-24(16-26)19-30(35)34-27(31(33)36)17-25-14-15-28(37-20-22-8-3-1-4-9-22)29(18-25)38-21-23-10-5-2-6-11-23/h1-16,18,27H,17,19-21H2,(H2,33,36)(H,34,35)/t27-/m0/s1. The van der Waals surface area contributed by atoms with Crippen LogP contribution < -0.4 is 20.5 Å². The van der Waals surface area contributed by atoms with Crippen molar-refractivity contribution in [3.8, 4) is 11.5 Å². The third-order valence-electron chi connectivity index (χ3n) is 5.85. The average molecular weight is 513 g/mol. The Morgan fingerprint density at radius 3 is 1.92 bits per heavy atom. The molecule has 194 valence electrons. The van der Waals surface area contributed by atoms with Gasteiger partial charge in [-0.25, -0.2) is 4.39 Å². The molecule has 0 aromatic heterocycles. The summed E-state index contributed by atoms with van der Waals surface area (Å²) in [6, 6.07) is 29.7. The molecule has 6 nitrogen and oxygen atoms in total. The molecule has 38 heavy (non-hydrogen) atoms. The topological polar surface area (TPSA) is 90.7 Å². The number of rotatable bonds is 12. The number of hydrogen-bond donors (Lipinski definition) is 2. The Morgan fingerprint density at radius 1 is 0.711 bits per heavy atom. The SMILES string of the molecule is NC(=O)[C@H](Cc1ccc(OCc2ccccc2)c(OCc2ccccc2)c1)NC(=O)Cc1cccc(F)c1. The van der Waals surface area contributed by atoms with Crippen LogP contribution in [0, 0.1) is 5.82 Å². The molecular formula is C31H29FN2O4. The first-order valence-corrected chi connectivity index (χ1v) is 12.3. The predicted octanol–water partition coefficient (Wildman–Crippen LogP) is 4.74. The van der Waals surface area contributed by atoms with Crippen LogP contribution in [0.3, 0.4) is 0 Å². The molecule has 1 atom stereocenters. The molecule has 0 saturated carbocycles. The summed E-state index contributed by atoms with van der Waals surface area (Å²) in [5.74, 6) is -0.466. The molecule has 0 aliphatic rings. The average Bonchev–Trinajstić information content (AvgIpc) is 2.92. The van der Waals surface area contributed by atoms with Crippen molar-refractivity contribution >= 4 is 11.8 Å².